The zero-order valence-corrected chi connectivity index (χ0v) is 17.0. The van der Waals surface area contributed by atoms with Crippen LogP contribution in [0.4, 0.5) is 0 Å². The summed E-state index contributed by atoms with van der Waals surface area (Å²) in [5.74, 6) is 0.441. The molecule has 0 bridgehead atoms. The zero-order valence-electron chi connectivity index (χ0n) is 17.0. The molecule has 27 heavy (non-hydrogen) atoms. The van der Waals surface area contributed by atoms with Gasteiger partial charge < -0.3 is 10.2 Å². The summed E-state index contributed by atoms with van der Waals surface area (Å²) in [4.78, 5) is 0. The Morgan fingerprint density at radius 2 is 1.19 bits per heavy atom. The quantitative estimate of drug-likeness (QED) is 0.807. The van der Waals surface area contributed by atoms with Crippen LogP contribution < -0.4 is 0 Å². The number of hydrogen-bond donors (Lipinski definition) is 2. The summed E-state index contributed by atoms with van der Waals surface area (Å²) in [6.07, 6.45) is 4.13. The maximum atomic E-state index is 11.6. The van der Waals surface area contributed by atoms with Crippen molar-refractivity contribution in [3.05, 3.63) is 69.8 Å². The van der Waals surface area contributed by atoms with E-state index in [-0.39, 0.29) is 11.8 Å². The van der Waals surface area contributed by atoms with E-state index in [2.05, 4.69) is 64.1 Å². The second-order valence-corrected chi connectivity index (χ2v) is 9.13. The lowest BCUT2D eigenvalue weighted by molar-refractivity contribution is -0.0403. The number of rotatable bonds is 4. The van der Waals surface area contributed by atoms with E-state index in [4.69, 9.17) is 0 Å². The monoisotopic (exact) mass is 364 g/mol. The van der Waals surface area contributed by atoms with Crippen molar-refractivity contribution in [2.75, 3.05) is 0 Å². The molecule has 0 aromatic heterocycles. The molecule has 0 saturated carbocycles. The van der Waals surface area contributed by atoms with Crippen molar-refractivity contribution >= 4 is 0 Å². The Morgan fingerprint density at radius 3 is 1.59 bits per heavy atom. The highest BCUT2D eigenvalue weighted by Crippen LogP contribution is 2.49. The summed E-state index contributed by atoms with van der Waals surface area (Å²) in [6, 6.07) is 12.7. The first-order valence-electron chi connectivity index (χ1n) is 10.4. The highest BCUT2D eigenvalue weighted by Gasteiger charge is 2.46. The summed E-state index contributed by atoms with van der Waals surface area (Å²) < 4.78 is 0. The lowest BCUT2D eigenvalue weighted by atomic mass is 9.78. The Balaban J connectivity index is 1.56. The summed E-state index contributed by atoms with van der Waals surface area (Å²) >= 11 is 0. The molecule has 2 aromatic carbocycles. The topological polar surface area (TPSA) is 40.5 Å². The Bertz CT molecular complexity index is 799. The Hall–Kier alpha value is -1.64. The molecule has 2 nitrogen and oxygen atoms in total. The molecule has 4 atom stereocenters. The molecule has 0 amide bonds. The third kappa shape index (κ3) is 2.77. The molecule has 0 heterocycles. The molecule has 0 aliphatic heterocycles. The van der Waals surface area contributed by atoms with Crippen LogP contribution in [-0.2, 0) is 24.0 Å². The van der Waals surface area contributed by atoms with Crippen LogP contribution in [0.5, 0.6) is 0 Å². The molecule has 2 N–H and O–H groups in total. The van der Waals surface area contributed by atoms with Gasteiger partial charge in [0.05, 0.1) is 11.2 Å². The smallest absolute Gasteiger partial charge is 0.0930 e. The Morgan fingerprint density at radius 1 is 0.778 bits per heavy atom. The van der Waals surface area contributed by atoms with Gasteiger partial charge in [0.25, 0.3) is 0 Å². The van der Waals surface area contributed by atoms with Gasteiger partial charge in [0, 0.05) is 0 Å². The van der Waals surface area contributed by atoms with Crippen LogP contribution >= 0.6 is 0 Å². The molecular weight excluding hydrogens is 332 g/mol. The molecule has 2 aromatic rings. The van der Waals surface area contributed by atoms with Gasteiger partial charge in [0.1, 0.15) is 0 Å². The largest absolute Gasteiger partial charge is 0.385 e. The van der Waals surface area contributed by atoms with Crippen molar-refractivity contribution in [2.24, 2.45) is 11.8 Å². The van der Waals surface area contributed by atoms with Crippen molar-refractivity contribution in [2.45, 2.75) is 71.0 Å². The van der Waals surface area contributed by atoms with Gasteiger partial charge in [-0.15, -0.1) is 0 Å². The molecule has 144 valence electrons. The fourth-order valence-corrected chi connectivity index (χ4v) is 5.90. The normalized spacial score (nSPS) is 31.8. The number of benzene rings is 2. The van der Waals surface area contributed by atoms with E-state index in [9.17, 15) is 10.2 Å². The predicted octanol–water partition coefficient (Wildman–Crippen LogP) is 4.93. The van der Waals surface area contributed by atoms with Gasteiger partial charge in [0.2, 0.25) is 0 Å². The maximum Gasteiger partial charge on any atom is 0.0930 e. The summed E-state index contributed by atoms with van der Waals surface area (Å²) in [7, 11) is 0. The van der Waals surface area contributed by atoms with E-state index < -0.39 is 11.2 Å². The average Bonchev–Trinajstić information content (AvgIpc) is 3.01. The third-order valence-electron chi connectivity index (χ3n) is 7.38. The van der Waals surface area contributed by atoms with Crippen LogP contribution in [-0.4, -0.2) is 10.2 Å². The van der Waals surface area contributed by atoms with Gasteiger partial charge in [-0.2, -0.15) is 0 Å². The van der Waals surface area contributed by atoms with Crippen molar-refractivity contribution in [3.8, 4) is 0 Å². The Labute approximate surface area is 163 Å². The fraction of sp³-hybridized carbons (Fsp3) is 0.520. The van der Waals surface area contributed by atoms with E-state index in [1.165, 1.54) is 22.3 Å². The molecule has 2 aliphatic carbocycles. The van der Waals surface area contributed by atoms with Gasteiger partial charge in [0.15, 0.2) is 0 Å². The van der Waals surface area contributed by atoms with Gasteiger partial charge in [-0.25, -0.2) is 0 Å². The summed E-state index contributed by atoms with van der Waals surface area (Å²) in [5.41, 5.74) is 5.70. The molecule has 4 rings (SSSR count). The highest BCUT2D eigenvalue weighted by molar-refractivity contribution is 5.45. The minimum atomic E-state index is -0.770. The predicted molar refractivity (Wildman–Crippen MR) is 110 cm³/mol. The number of fused-ring (bicyclic) bond motifs is 2. The van der Waals surface area contributed by atoms with E-state index in [1.54, 1.807) is 0 Å². The van der Waals surface area contributed by atoms with Crippen LogP contribution in [0.2, 0.25) is 0 Å². The third-order valence-corrected chi connectivity index (χ3v) is 7.38. The van der Waals surface area contributed by atoms with Gasteiger partial charge >= 0.3 is 0 Å². The first-order chi connectivity index (χ1) is 12.8. The van der Waals surface area contributed by atoms with E-state index in [0.29, 0.717) is 12.8 Å². The first-order valence-corrected chi connectivity index (χ1v) is 10.4. The summed E-state index contributed by atoms with van der Waals surface area (Å²) in [5, 5.41) is 23.2. The Kier molecular flexibility index (Phi) is 4.48. The molecule has 2 aliphatic rings. The number of aryl methyl sites for hydroxylation is 2. The number of aliphatic hydroxyl groups is 2. The minimum absolute atomic E-state index is 0.221. The molecule has 4 unspecified atom stereocenters. The van der Waals surface area contributed by atoms with Crippen LogP contribution in [0.1, 0.15) is 66.5 Å². The SMILES string of the molecule is Cc1cccc2c1C(O)(CCCC1(O)c3c(C)cccc3CC1C)C(C)C2. The van der Waals surface area contributed by atoms with Gasteiger partial charge in [-0.3, -0.25) is 0 Å². The van der Waals surface area contributed by atoms with Crippen molar-refractivity contribution in [3.63, 3.8) is 0 Å². The molecule has 2 heteroatoms. The summed E-state index contributed by atoms with van der Waals surface area (Å²) in [6.45, 7) is 8.53. The zero-order chi connectivity index (χ0) is 19.4. The van der Waals surface area contributed by atoms with Gasteiger partial charge in [-0.1, -0.05) is 50.2 Å². The first kappa shape index (κ1) is 18.7. The maximum absolute atomic E-state index is 11.6. The van der Waals surface area contributed by atoms with E-state index in [1.807, 2.05) is 0 Å². The van der Waals surface area contributed by atoms with Gasteiger partial charge in [-0.05, 0) is 91.2 Å². The van der Waals surface area contributed by atoms with E-state index in [0.717, 1.165) is 30.4 Å². The molecule has 0 spiro atoms. The minimum Gasteiger partial charge on any atom is -0.385 e. The molecule has 0 saturated heterocycles. The van der Waals surface area contributed by atoms with Crippen molar-refractivity contribution in [1.82, 2.24) is 0 Å². The van der Waals surface area contributed by atoms with Crippen LogP contribution in [0.3, 0.4) is 0 Å². The second kappa shape index (κ2) is 6.46. The second-order valence-electron chi connectivity index (χ2n) is 9.13. The standard InChI is InChI=1S/C25H32O2/c1-16-8-5-10-20-14-18(3)24(26,22(16)20)12-7-13-25(27)19(4)15-21-11-6-9-17(2)23(21)25/h5-6,8-11,18-19,26-27H,7,12-15H2,1-4H3. The van der Waals surface area contributed by atoms with Crippen LogP contribution in [0.15, 0.2) is 36.4 Å². The molecule has 0 fully saturated rings. The van der Waals surface area contributed by atoms with Crippen molar-refractivity contribution in [1.29, 1.82) is 0 Å². The lowest BCUT2D eigenvalue weighted by Crippen LogP contribution is -2.34. The molecule has 0 radical (unpaired) electrons. The van der Waals surface area contributed by atoms with Crippen molar-refractivity contribution < 1.29 is 10.2 Å². The van der Waals surface area contributed by atoms with Crippen LogP contribution in [0, 0.1) is 25.7 Å². The van der Waals surface area contributed by atoms with E-state index >= 15 is 0 Å². The average molecular weight is 365 g/mol. The fourth-order valence-electron chi connectivity index (χ4n) is 5.90. The number of hydrogen-bond acceptors (Lipinski definition) is 2. The lowest BCUT2D eigenvalue weighted by Gasteiger charge is -2.34. The highest BCUT2D eigenvalue weighted by atomic mass is 16.3. The van der Waals surface area contributed by atoms with Crippen LogP contribution in [0.25, 0.3) is 0 Å². The molecular formula is C25H32O2.